The van der Waals surface area contributed by atoms with Gasteiger partial charge < -0.3 is 10.3 Å². The maximum absolute atomic E-state index is 11.3. The molecule has 0 saturated heterocycles. The van der Waals surface area contributed by atoms with E-state index in [2.05, 4.69) is 0 Å². The van der Waals surface area contributed by atoms with Crippen molar-refractivity contribution < 1.29 is 0 Å². The summed E-state index contributed by atoms with van der Waals surface area (Å²) in [6.45, 7) is 2.58. The fraction of sp³-hybridized carbons (Fsp3) is 0.286. The average Bonchev–Trinajstić information content (AvgIpc) is 1.96. The number of anilines is 1. The molecule has 0 bridgehead atoms. The first-order valence-corrected chi connectivity index (χ1v) is 4.38. The van der Waals surface area contributed by atoms with Crippen molar-refractivity contribution in [1.82, 2.24) is 4.57 Å². The highest BCUT2D eigenvalue weighted by molar-refractivity contribution is 14.1. The van der Waals surface area contributed by atoms with Crippen LogP contribution in [-0.2, 0) is 6.54 Å². The van der Waals surface area contributed by atoms with Crippen LogP contribution in [0, 0.1) is 3.57 Å². The summed E-state index contributed by atoms with van der Waals surface area (Å²) < 4.78 is 2.27. The predicted octanol–water partition coefficient (Wildman–Crippen LogP) is 1.05. The summed E-state index contributed by atoms with van der Waals surface area (Å²) in [6.07, 6.45) is 1.66. The highest BCUT2D eigenvalue weighted by atomic mass is 127. The molecule has 0 aromatic carbocycles. The van der Waals surface area contributed by atoms with E-state index in [-0.39, 0.29) is 5.56 Å². The van der Waals surface area contributed by atoms with Crippen LogP contribution in [0.5, 0.6) is 0 Å². The van der Waals surface area contributed by atoms with E-state index in [4.69, 9.17) is 5.73 Å². The van der Waals surface area contributed by atoms with Gasteiger partial charge in [0.05, 0.1) is 3.57 Å². The molecule has 0 unspecified atom stereocenters. The van der Waals surface area contributed by atoms with E-state index >= 15 is 0 Å². The summed E-state index contributed by atoms with van der Waals surface area (Å²) >= 11 is 1.99. The minimum Gasteiger partial charge on any atom is -0.398 e. The second kappa shape index (κ2) is 3.25. The summed E-state index contributed by atoms with van der Waals surface area (Å²) in [5.41, 5.74) is 6.20. The third-order valence-electron chi connectivity index (χ3n) is 1.40. The van der Waals surface area contributed by atoms with Crippen LogP contribution in [0.4, 0.5) is 5.69 Å². The van der Waals surface area contributed by atoms with Gasteiger partial charge in [-0.25, -0.2) is 0 Å². The SMILES string of the molecule is CCn1cc(N)cc(I)c1=O. The Kier molecular flexibility index (Phi) is 2.53. The minimum absolute atomic E-state index is 0.0299. The van der Waals surface area contributed by atoms with Gasteiger partial charge in [-0.2, -0.15) is 0 Å². The molecular formula is C7H9IN2O. The Morgan fingerprint density at radius 3 is 2.91 bits per heavy atom. The molecule has 2 N–H and O–H groups in total. The molecular weight excluding hydrogens is 255 g/mol. The zero-order chi connectivity index (χ0) is 8.43. The van der Waals surface area contributed by atoms with E-state index in [1.807, 2.05) is 29.5 Å². The average molecular weight is 264 g/mol. The number of nitrogens with zero attached hydrogens (tertiary/aromatic N) is 1. The quantitative estimate of drug-likeness (QED) is 0.771. The van der Waals surface area contributed by atoms with Gasteiger partial charge in [-0.1, -0.05) is 0 Å². The van der Waals surface area contributed by atoms with Crippen molar-refractivity contribution in [3.8, 4) is 0 Å². The number of nitrogens with two attached hydrogens (primary N) is 1. The standard InChI is InChI=1S/C7H9IN2O/c1-2-10-4-5(9)3-6(8)7(10)11/h3-4H,2,9H2,1H3. The molecule has 1 heterocycles. The lowest BCUT2D eigenvalue weighted by molar-refractivity contribution is 0.725. The van der Waals surface area contributed by atoms with Gasteiger partial charge in [-0.05, 0) is 35.6 Å². The molecule has 0 aliphatic rings. The largest absolute Gasteiger partial charge is 0.398 e. The van der Waals surface area contributed by atoms with E-state index in [0.29, 0.717) is 15.8 Å². The molecule has 0 radical (unpaired) electrons. The topological polar surface area (TPSA) is 48.0 Å². The summed E-state index contributed by atoms with van der Waals surface area (Å²) in [7, 11) is 0. The first kappa shape index (κ1) is 8.58. The first-order chi connectivity index (χ1) is 5.15. The number of aryl methyl sites for hydroxylation is 1. The Hall–Kier alpha value is -0.520. The van der Waals surface area contributed by atoms with Crippen molar-refractivity contribution in [2.75, 3.05) is 5.73 Å². The van der Waals surface area contributed by atoms with Crippen LogP contribution < -0.4 is 11.3 Å². The van der Waals surface area contributed by atoms with Crippen molar-refractivity contribution in [2.45, 2.75) is 13.5 Å². The molecule has 0 spiro atoms. The fourth-order valence-corrected chi connectivity index (χ4v) is 1.53. The van der Waals surface area contributed by atoms with Crippen LogP contribution >= 0.6 is 22.6 Å². The number of nitrogen functional groups attached to an aromatic ring is 1. The van der Waals surface area contributed by atoms with Crippen molar-refractivity contribution >= 4 is 28.3 Å². The van der Waals surface area contributed by atoms with Crippen LogP contribution in [0.15, 0.2) is 17.1 Å². The summed E-state index contributed by atoms with van der Waals surface area (Å²) in [4.78, 5) is 11.3. The Bertz CT molecular complexity index is 319. The maximum atomic E-state index is 11.3. The third kappa shape index (κ3) is 1.74. The molecule has 60 valence electrons. The molecule has 0 aliphatic carbocycles. The van der Waals surface area contributed by atoms with E-state index in [9.17, 15) is 4.79 Å². The number of pyridine rings is 1. The predicted molar refractivity (Wildman–Crippen MR) is 53.5 cm³/mol. The number of aromatic nitrogens is 1. The monoisotopic (exact) mass is 264 g/mol. The van der Waals surface area contributed by atoms with Gasteiger partial charge >= 0.3 is 0 Å². The summed E-state index contributed by atoms with van der Waals surface area (Å²) in [5.74, 6) is 0. The van der Waals surface area contributed by atoms with E-state index in [1.165, 1.54) is 0 Å². The maximum Gasteiger partial charge on any atom is 0.264 e. The lowest BCUT2D eigenvalue weighted by Gasteiger charge is -2.02. The Morgan fingerprint density at radius 1 is 1.73 bits per heavy atom. The van der Waals surface area contributed by atoms with E-state index < -0.39 is 0 Å². The molecule has 0 amide bonds. The van der Waals surface area contributed by atoms with Gasteiger partial charge in [0.15, 0.2) is 0 Å². The molecule has 1 aromatic rings. The van der Waals surface area contributed by atoms with Crippen molar-refractivity contribution in [3.05, 3.63) is 26.2 Å². The Labute approximate surface area is 78.4 Å². The fourth-order valence-electron chi connectivity index (χ4n) is 0.856. The lowest BCUT2D eigenvalue weighted by atomic mass is 10.4. The van der Waals surface area contributed by atoms with Gasteiger partial charge in [0.1, 0.15) is 0 Å². The highest BCUT2D eigenvalue weighted by Gasteiger charge is 1.99. The van der Waals surface area contributed by atoms with Crippen LogP contribution in [-0.4, -0.2) is 4.57 Å². The number of rotatable bonds is 1. The first-order valence-electron chi connectivity index (χ1n) is 3.30. The Balaban J connectivity index is 3.37. The van der Waals surface area contributed by atoms with Crippen molar-refractivity contribution in [3.63, 3.8) is 0 Å². The molecule has 0 saturated carbocycles. The molecule has 1 rings (SSSR count). The number of hydrogen-bond donors (Lipinski definition) is 1. The Morgan fingerprint density at radius 2 is 2.36 bits per heavy atom. The highest BCUT2D eigenvalue weighted by Crippen LogP contribution is 2.03. The molecule has 4 heteroatoms. The van der Waals surface area contributed by atoms with Gasteiger partial charge in [-0.3, -0.25) is 4.79 Å². The lowest BCUT2D eigenvalue weighted by Crippen LogP contribution is -2.21. The van der Waals surface area contributed by atoms with Crippen LogP contribution in [0.25, 0.3) is 0 Å². The zero-order valence-corrected chi connectivity index (χ0v) is 8.33. The minimum atomic E-state index is 0.0299. The van der Waals surface area contributed by atoms with Gasteiger partial charge in [-0.15, -0.1) is 0 Å². The molecule has 1 aromatic heterocycles. The van der Waals surface area contributed by atoms with Crippen LogP contribution in [0.1, 0.15) is 6.92 Å². The number of hydrogen-bond acceptors (Lipinski definition) is 2. The molecule has 0 fully saturated rings. The normalized spacial score (nSPS) is 10.0. The van der Waals surface area contributed by atoms with Crippen molar-refractivity contribution in [2.24, 2.45) is 0 Å². The van der Waals surface area contributed by atoms with E-state index in [0.717, 1.165) is 0 Å². The summed E-state index contributed by atoms with van der Waals surface area (Å²) in [5, 5.41) is 0. The van der Waals surface area contributed by atoms with Crippen LogP contribution in [0.3, 0.4) is 0 Å². The van der Waals surface area contributed by atoms with Gasteiger partial charge in [0, 0.05) is 18.4 Å². The second-order valence-corrected chi connectivity index (χ2v) is 3.37. The van der Waals surface area contributed by atoms with E-state index in [1.54, 1.807) is 16.8 Å². The molecule has 11 heavy (non-hydrogen) atoms. The van der Waals surface area contributed by atoms with Crippen molar-refractivity contribution in [1.29, 1.82) is 0 Å². The second-order valence-electron chi connectivity index (χ2n) is 2.21. The van der Waals surface area contributed by atoms with Crippen LogP contribution in [0.2, 0.25) is 0 Å². The smallest absolute Gasteiger partial charge is 0.264 e. The van der Waals surface area contributed by atoms with Gasteiger partial charge in [0.2, 0.25) is 0 Å². The number of halogens is 1. The molecule has 0 aliphatic heterocycles. The molecule has 0 atom stereocenters. The molecule has 3 nitrogen and oxygen atoms in total. The zero-order valence-electron chi connectivity index (χ0n) is 6.17. The summed E-state index contributed by atoms with van der Waals surface area (Å²) in [6, 6.07) is 1.68. The third-order valence-corrected chi connectivity index (χ3v) is 2.18. The van der Waals surface area contributed by atoms with Gasteiger partial charge in [0.25, 0.3) is 5.56 Å².